The van der Waals surface area contributed by atoms with Gasteiger partial charge in [0.25, 0.3) is 0 Å². The van der Waals surface area contributed by atoms with Gasteiger partial charge in [-0.1, -0.05) is 12.1 Å². The molecule has 1 fully saturated rings. The highest BCUT2D eigenvalue weighted by Gasteiger charge is 2.31. The Labute approximate surface area is 115 Å². The number of benzene rings is 1. The molecule has 6 heteroatoms. The number of nitrogens with two attached hydrogens (primary N) is 1. The molecule has 0 saturated carbocycles. The van der Waals surface area contributed by atoms with Gasteiger partial charge in [0.2, 0.25) is 10.0 Å². The van der Waals surface area contributed by atoms with E-state index in [1.54, 1.807) is 28.6 Å². The first-order chi connectivity index (χ1) is 8.88. The summed E-state index contributed by atoms with van der Waals surface area (Å²) in [6, 6.07) is 7.04. The summed E-state index contributed by atoms with van der Waals surface area (Å²) in [4.78, 5) is 2.15. The van der Waals surface area contributed by atoms with Crippen molar-refractivity contribution in [2.45, 2.75) is 18.7 Å². The molecule has 1 saturated heterocycles. The van der Waals surface area contributed by atoms with Crippen LogP contribution in [0.5, 0.6) is 0 Å². The SMILES string of the molecule is CC1CN(C)CCN1S(=O)(=O)Cc1ccc(N)cc1. The molecule has 1 atom stereocenters. The highest BCUT2D eigenvalue weighted by atomic mass is 32.2. The molecule has 1 aliphatic heterocycles. The van der Waals surface area contributed by atoms with Gasteiger partial charge in [0.05, 0.1) is 5.75 Å². The Morgan fingerprint density at radius 3 is 2.47 bits per heavy atom. The van der Waals surface area contributed by atoms with Crippen LogP contribution in [0.15, 0.2) is 24.3 Å². The van der Waals surface area contributed by atoms with E-state index in [2.05, 4.69) is 4.90 Å². The number of nitrogen functional groups attached to an aromatic ring is 1. The number of anilines is 1. The Morgan fingerprint density at radius 2 is 1.89 bits per heavy atom. The van der Waals surface area contributed by atoms with E-state index >= 15 is 0 Å². The highest BCUT2D eigenvalue weighted by molar-refractivity contribution is 7.88. The van der Waals surface area contributed by atoms with Crippen molar-refractivity contribution < 1.29 is 8.42 Å². The molecule has 0 bridgehead atoms. The first-order valence-corrected chi connectivity index (χ1v) is 8.02. The average Bonchev–Trinajstić information content (AvgIpc) is 2.31. The van der Waals surface area contributed by atoms with E-state index in [1.165, 1.54) is 0 Å². The highest BCUT2D eigenvalue weighted by Crippen LogP contribution is 2.18. The van der Waals surface area contributed by atoms with E-state index in [9.17, 15) is 8.42 Å². The smallest absolute Gasteiger partial charge is 0.218 e. The first kappa shape index (κ1) is 14.3. The Morgan fingerprint density at radius 1 is 1.26 bits per heavy atom. The van der Waals surface area contributed by atoms with E-state index in [-0.39, 0.29) is 11.8 Å². The largest absolute Gasteiger partial charge is 0.399 e. The number of hydrogen-bond donors (Lipinski definition) is 1. The second-order valence-corrected chi connectivity index (χ2v) is 7.14. The van der Waals surface area contributed by atoms with Crippen molar-refractivity contribution in [1.82, 2.24) is 9.21 Å². The molecule has 0 radical (unpaired) electrons. The normalized spacial score (nSPS) is 22.5. The Balaban J connectivity index is 2.12. The number of piperazine rings is 1. The second-order valence-electron chi connectivity index (χ2n) is 5.22. The molecule has 19 heavy (non-hydrogen) atoms. The van der Waals surface area contributed by atoms with Gasteiger partial charge in [-0.3, -0.25) is 0 Å². The van der Waals surface area contributed by atoms with E-state index in [1.807, 2.05) is 14.0 Å². The molecule has 0 spiro atoms. The molecular formula is C13H21N3O2S. The van der Waals surface area contributed by atoms with Crippen LogP contribution in [0.3, 0.4) is 0 Å². The predicted octanol–water partition coefficient (Wildman–Crippen LogP) is 0.735. The van der Waals surface area contributed by atoms with Crippen LogP contribution in [-0.4, -0.2) is 50.3 Å². The molecule has 0 aliphatic carbocycles. The molecule has 2 N–H and O–H groups in total. The molecule has 2 rings (SSSR count). The van der Waals surface area contributed by atoms with Gasteiger partial charge in [-0.25, -0.2) is 8.42 Å². The van der Waals surface area contributed by atoms with E-state index < -0.39 is 10.0 Å². The minimum atomic E-state index is -3.26. The van der Waals surface area contributed by atoms with Crippen LogP contribution >= 0.6 is 0 Å². The van der Waals surface area contributed by atoms with Crippen molar-refractivity contribution >= 4 is 15.7 Å². The summed E-state index contributed by atoms with van der Waals surface area (Å²) < 4.78 is 26.5. The Hall–Kier alpha value is -1.11. The lowest BCUT2D eigenvalue weighted by molar-refractivity contribution is 0.170. The van der Waals surface area contributed by atoms with Crippen molar-refractivity contribution in [2.24, 2.45) is 0 Å². The second kappa shape index (κ2) is 5.48. The molecule has 5 nitrogen and oxygen atoms in total. The third kappa shape index (κ3) is 3.46. The fourth-order valence-electron chi connectivity index (χ4n) is 2.44. The summed E-state index contributed by atoms with van der Waals surface area (Å²) in [5.74, 6) is 0.0430. The minimum Gasteiger partial charge on any atom is -0.399 e. The predicted molar refractivity (Wildman–Crippen MR) is 77.1 cm³/mol. The van der Waals surface area contributed by atoms with Crippen LogP contribution in [0, 0.1) is 0 Å². The van der Waals surface area contributed by atoms with E-state index in [0.717, 1.165) is 18.7 Å². The molecule has 0 amide bonds. The summed E-state index contributed by atoms with van der Waals surface area (Å²) in [7, 11) is -1.24. The van der Waals surface area contributed by atoms with Crippen LogP contribution in [0.1, 0.15) is 12.5 Å². The van der Waals surface area contributed by atoms with Gasteiger partial charge in [0.1, 0.15) is 0 Å². The number of likely N-dealkylation sites (N-methyl/N-ethyl adjacent to an activating group) is 1. The Kier molecular flexibility index (Phi) is 4.13. The van der Waals surface area contributed by atoms with Gasteiger partial charge in [0, 0.05) is 31.4 Å². The lowest BCUT2D eigenvalue weighted by Gasteiger charge is -2.37. The monoisotopic (exact) mass is 283 g/mol. The van der Waals surface area contributed by atoms with Crippen molar-refractivity contribution in [3.05, 3.63) is 29.8 Å². The molecular weight excluding hydrogens is 262 g/mol. The van der Waals surface area contributed by atoms with Gasteiger partial charge in [0.15, 0.2) is 0 Å². The summed E-state index contributed by atoms with van der Waals surface area (Å²) in [6.45, 7) is 4.08. The van der Waals surface area contributed by atoms with E-state index in [0.29, 0.717) is 12.2 Å². The quantitative estimate of drug-likeness (QED) is 0.831. The van der Waals surface area contributed by atoms with Gasteiger partial charge < -0.3 is 10.6 Å². The standard InChI is InChI=1S/C13H21N3O2S/c1-11-9-15(2)7-8-16(11)19(17,18)10-12-3-5-13(14)6-4-12/h3-6,11H,7-10,14H2,1-2H3. The summed E-state index contributed by atoms with van der Waals surface area (Å²) in [5, 5.41) is 0. The van der Waals surface area contributed by atoms with Crippen LogP contribution in [0.4, 0.5) is 5.69 Å². The third-order valence-corrected chi connectivity index (χ3v) is 5.41. The summed E-state index contributed by atoms with van der Waals surface area (Å²) >= 11 is 0. The van der Waals surface area contributed by atoms with Crippen molar-refractivity contribution in [3.8, 4) is 0 Å². The first-order valence-electron chi connectivity index (χ1n) is 6.41. The van der Waals surface area contributed by atoms with Gasteiger partial charge in [-0.2, -0.15) is 4.31 Å². The third-order valence-electron chi connectivity index (χ3n) is 3.46. The van der Waals surface area contributed by atoms with Crippen LogP contribution in [-0.2, 0) is 15.8 Å². The van der Waals surface area contributed by atoms with E-state index in [4.69, 9.17) is 5.73 Å². The average molecular weight is 283 g/mol. The molecule has 1 aliphatic rings. The number of nitrogens with zero attached hydrogens (tertiary/aromatic N) is 2. The molecule has 1 unspecified atom stereocenters. The molecule has 0 aromatic heterocycles. The molecule has 1 heterocycles. The zero-order valence-corrected chi connectivity index (χ0v) is 12.2. The zero-order valence-electron chi connectivity index (χ0n) is 11.4. The molecule has 1 aromatic carbocycles. The topological polar surface area (TPSA) is 66.6 Å². The maximum Gasteiger partial charge on any atom is 0.218 e. The van der Waals surface area contributed by atoms with Crippen molar-refractivity contribution in [2.75, 3.05) is 32.4 Å². The van der Waals surface area contributed by atoms with Crippen LogP contribution in [0.2, 0.25) is 0 Å². The maximum atomic E-state index is 12.4. The minimum absolute atomic E-state index is 0.0255. The zero-order chi connectivity index (χ0) is 14.0. The Bertz CT molecular complexity index is 527. The van der Waals surface area contributed by atoms with Crippen LogP contribution in [0.25, 0.3) is 0 Å². The number of hydrogen-bond acceptors (Lipinski definition) is 4. The lowest BCUT2D eigenvalue weighted by Crippen LogP contribution is -2.52. The fraction of sp³-hybridized carbons (Fsp3) is 0.538. The van der Waals surface area contributed by atoms with Gasteiger partial charge in [-0.15, -0.1) is 0 Å². The number of rotatable bonds is 3. The summed E-state index contributed by atoms with van der Waals surface area (Å²) in [5.41, 5.74) is 7.03. The van der Waals surface area contributed by atoms with Crippen molar-refractivity contribution in [3.63, 3.8) is 0 Å². The maximum absolute atomic E-state index is 12.4. The molecule has 106 valence electrons. The molecule has 1 aromatic rings. The summed E-state index contributed by atoms with van der Waals surface area (Å²) in [6.07, 6.45) is 0. The van der Waals surface area contributed by atoms with Crippen LogP contribution < -0.4 is 5.73 Å². The number of sulfonamides is 1. The fourth-order valence-corrected chi connectivity index (χ4v) is 4.20. The lowest BCUT2D eigenvalue weighted by atomic mass is 10.2. The van der Waals surface area contributed by atoms with Crippen molar-refractivity contribution in [1.29, 1.82) is 0 Å². The van der Waals surface area contributed by atoms with Gasteiger partial charge in [-0.05, 0) is 31.7 Å². The van der Waals surface area contributed by atoms with Gasteiger partial charge >= 0.3 is 0 Å².